The number of carbonyl (C=O) groups excluding carboxylic acids is 1. The fourth-order valence-electron chi connectivity index (χ4n) is 4.34. The van der Waals surface area contributed by atoms with Gasteiger partial charge in [0.05, 0.1) is 0 Å². The number of carboxylic acids is 1. The molecule has 2 rings (SSSR count). The minimum Gasteiger partial charge on any atom is -0.478 e. The first kappa shape index (κ1) is 16.8. The second-order valence-corrected chi connectivity index (χ2v) is 6.84. The second kappa shape index (κ2) is 6.67. The lowest BCUT2D eigenvalue weighted by atomic mass is 9.63. The summed E-state index contributed by atoms with van der Waals surface area (Å²) in [5.41, 5.74) is 1.49. The van der Waals surface area contributed by atoms with Gasteiger partial charge in [-0.05, 0) is 43.4 Å². The number of carbonyl (C=O) groups is 2. The van der Waals surface area contributed by atoms with Gasteiger partial charge in [0.1, 0.15) is 6.10 Å². The highest BCUT2D eigenvalue weighted by Gasteiger charge is 2.49. The quantitative estimate of drug-likeness (QED) is 0.477. The molecule has 1 fully saturated rings. The SMILES string of the molecule is CC(=O)OC1CCCC2(C)C(C(C)CC=CC(=O)O)=CCC12. The molecule has 0 amide bonds. The molecular formula is C18H26O4. The molecule has 4 heteroatoms. The molecule has 0 spiro atoms. The largest absolute Gasteiger partial charge is 0.478 e. The van der Waals surface area contributed by atoms with E-state index >= 15 is 0 Å². The van der Waals surface area contributed by atoms with Gasteiger partial charge in [-0.15, -0.1) is 0 Å². The van der Waals surface area contributed by atoms with Crippen molar-refractivity contribution < 1.29 is 19.4 Å². The van der Waals surface area contributed by atoms with Gasteiger partial charge in [0, 0.05) is 18.9 Å². The predicted molar refractivity (Wildman–Crippen MR) is 84.3 cm³/mol. The molecular weight excluding hydrogens is 280 g/mol. The Kier molecular flexibility index (Phi) is 5.09. The highest BCUT2D eigenvalue weighted by Crippen LogP contribution is 2.55. The van der Waals surface area contributed by atoms with Crippen molar-refractivity contribution in [1.29, 1.82) is 0 Å². The van der Waals surface area contributed by atoms with Crippen LogP contribution >= 0.6 is 0 Å². The highest BCUT2D eigenvalue weighted by atomic mass is 16.5. The smallest absolute Gasteiger partial charge is 0.327 e. The summed E-state index contributed by atoms with van der Waals surface area (Å²) in [6.07, 6.45) is 10.1. The van der Waals surface area contributed by atoms with Crippen LogP contribution in [0.1, 0.15) is 52.9 Å². The summed E-state index contributed by atoms with van der Waals surface area (Å²) in [5, 5.41) is 8.70. The van der Waals surface area contributed by atoms with Crippen LogP contribution in [-0.2, 0) is 14.3 Å². The van der Waals surface area contributed by atoms with Crippen LogP contribution in [0.15, 0.2) is 23.8 Å². The zero-order valence-electron chi connectivity index (χ0n) is 13.7. The maximum Gasteiger partial charge on any atom is 0.327 e. The maximum absolute atomic E-state index is 11.3. The van der Waals surface area contributed by atoms with E-state index in [1.54, 1.807) is 6.08 Å². The Morgan fingerprint density at radius 2 is 2.27 bits per heavy atom. The minimum absolute atomic E-state index is 0.0201. The number of hydrogen-bond donors (Lipinski definition) is 1. The molecule has 0 heterocycles. The standard InChI is InChI=1S/C18H26O4/c1-12(6-4-8-17(20)21)14-9-10-15-16(22-13(2)19)7-5-11-18(14,15)3/h4,8-9,12,15-16H,5-7,10-11H2,1-3H3,(H,20,21). The summed E-state index contributed by atoms with van der Waals surface area (Å²) in [4.78, 5) is 21.9. The number of aliphatic carboxylic acids is 1. The van der Waals surface area contributed by atoms with Crippen molar-refractivity contribution in [2.75, 3.05) is 0 Å². The molecule has 0 aromatic rings. The van der Waals surface area contributed by atoms with Crippen LogP contribution in [0.2, 0.25) is 0 Å². The topological polar surface area (TPSA) is 63.6 Å². The lowest BCUT2D eigenvalue weighted by Gasteiger charge is -2.44. The molecule has 4 unspecified atom stereocenters. The Morgan fingerprint density at radius 3 is 2.91 bits per heavy atom. The molecule has 2 aliphatic carbocycles. The molecule has 2 aliphatic rings. The van der Waals surface area contributed by atoms with Gasteiger partial charge >= 0.3 is 11.9 Å². The lowest BCUT2D eigenvalue weighted by molar-refractivity contribution is -0.153. The predicted octanol–water partition coefficient (Wildman–Crippen LogP) is 3.72. The molecule has 1 N–H and O–H groups in total. The average molecular weight is 306 g/mol. The number of fused-ring (bicyclic) bond motifs is 1. The lowest BCUT2D eigenvalue weighted by Crippen LogP contribution is -2.41. The summed E-state index contributed by atoms with van der Waals surface area (Å²) < 4.78 is 5.55. The molecule has 0 aliphatic heterocycles. The molecule has 0 radical (unpaired) electrons. The van der Waals surface area contributed by atoms with Crippen LogP contribution in [0.5, 0.6) is 0 Å². The Bertz CT molecular complexity index is 505. The third-order valence-electron chi connectivity index (χ3n) is 5.30. The summed E-state index contributed by atoms with van der Waals surface area (Å²) in [6, 6.07) is 0. The average Bonchev–Trinajstić information content (AvgIpc) is 2.75. The summed E-state index contributed by atoms with van der Waals surface area (Å²) in [6.45, 7) is 5.92. The molecule has 4 atom stereocenters. The first-order valence-electron chi connectivity index (χ1n) is 8.12. The van der Waals surface area contributed by atoms with Crippen LogP contribution < -0.4 is 0 Å². The normalized spacial score (nSPS) is 32.4. The summed E-state index contributed by atoms with van der Waals surface area (Å²) >= 11 is 0. The number of ether oxygens (including phenoxy) is 1. The molecule has 122 valence electrons. The van der Waals surface area contributed by atoms with Gasteiger partial charge in [-0.1, -0.05) is 31.6 Å². The van der Waals surface area contributed by atoms with E-state index in [0.29, 0.717) is 11.8 Å². The van der Waals surface area contributed by atoms with Gasteiger partial charge in [0.15, 0.2) is 0 Å². The monoisotopic (exact) mass is 306 g/mol. The number of allylic oxidation sites excluding steroid dienone is 3. The fourth-order valence-corrected chi connectivity index (χ4v) is 4.34. The first-order valence-corrected chi connectivity index (χ1v) is 8.12. The van der Waals surface area contributed by atoms with Gasteiger partial charge in [-0.3, -0.25) is 4.79 Å². The van der Waals surface area contributed by atoms with E-state index in [4.69, 9.17) is 9.84 Å². The zero-order valence-corrected chi connectivity index (χ0v) is 13.7. The Hall–Kier alpha value is -1.58. The highest BCUT2D eigenvalue weighted by molar-refractivity contribution is 5.79. The van der Waals surface area contributed by atoms with Gasteiger partial charge in [0.2, 0.25) is 0 Å². The number of rotatable bonds is 5. The van der Waals surface area contributed by atoms with E-state index < -0.39 is 5.97 Å². The third-order valence-corrected chi connectivity index (χ3v) is 5.30. The molecule has 0 bridgehead atoms. The third kappa shape index (κ3) is 3.42. The van der Waals surface area contributed by atoms with Crippen molar-refractivity contribution in [1.82, 2.24) is 0 Å². The summed E-state index contributed by atoms with van der Waals surface area (Å²) in [5.74, 6) is -0.405. The van der Waals surface area contributed by atoms with Crippen molar-refractivity contribution in [3.63, 3.8) is 0 Å². The second-order valence-electron chi connectivity index (χ2n) is 6.84. The zero-order chi connectivity index (χ0) is 16.3. The molecule has 0 saturated heterocycles. The Labute approximate surface area is 132 Å². The van der Waals surface area contributed by atoms with Crippen molar-refractivity contribution in [2.24, 2.45) is 17.3 Å². The molecule has 22 heavy (non-hydrogen) atoms. The van der Waals surface area contributed by atoms with E-state index in [1.807, 2.05) is 0 Å². The van der Waals surface area contributed by atoms with Crippen LogP contribution in [0.25, 0.3) is 0 Å². The van der Waals surface area contributed by atoms with Crippen LogP contribution in [0, 0.1) is 17.3 Å². The van der Waals surface area contributed by atoms with Gasteiger partial charge in [0.25, 0.3) is 0 Å². The van der Waals surface area contributed by atoms with Crippen LogP contribution in [0.4, 0.5) is 0 Å². The van der Waals surface area contributed by atoms with Crippen molar-refractivity contribution >= 4 is 11.9 Å². The Morgan fingerprint density at radius 1 is 1.55 bits per heavy atom. The fraction of sp³-hybridized carbons (Fsp3) is 0.667. The number of esters is 1. The van der Waals surface area contributed by atoms with E-state index in [0.717, 1.165) is 32.1 Å². The number of hydrogen-bond acceptors (Lipinski definition) is 3. The van der Waals surface area contributed by atoms with E-state index in [9.17, 15) is 9.59 Å². The number of carboxylic acid groups (broad SMARTS) is 1. The van der Waals surface area contributed by atoms with Gasteiger partial charge in [-0.25, -0.2) is 4.79 Å². The maximum atomic E-state index is 11.3. The molecule has 1 saturated carbocycles. The minimum atomic E-state index is -0.899. The van der Waals surface area contributed by atoms with E-state index in [-0.39, 0.29) is 17.5 Å². The van der Waals surface area contributed by atoms with Crippen LogP contribution in [-0.4, -0.2) is 23.1 Å². The van der Waals surface area contributed by atoms with Crippen molar-refractivity contribution in [3.8, 4) is 0 Å². The first-order chi connectivity index (χ1) is 10.3. The van der Waals surface area contributed by atoms with Crippen molar-refractivity contribution in [2.45, 2.75) is 59.0 Å². The van der Waals surface area contributed by atoms with E-state index in [2.05, 4.69) is 19.9 Å². The Balaban J connectivity index is 2.08. The van der Waals surface area contributed by atoms with Crippen LogP contribution in [0.3, 0.4) is 0 Å². The molecule has 0 aromatic heterocycles. The summed E-state index contributed by atoms with van der Waals surface area (Å²) in [7, 11) is 0. The van der Waals surface area contributed by atoms with E-state index in [1.165, 1.54) is 18.6 Å². The van der Waals surface area contributed by atoms with Gasteiger partial charge < -0.3 is 9.84 Å². The van der Waals surface area contributed by atoms with Crippen molar-refractivity contribution in [3.05, 3.63) is 23.8 Å². The van der Waals surface area contributed by atoms with Gasteiger partial charge in [-0.2, -0.15) is 0 Å². The molecule has 0 aromatic carbocycles. The molecule has 4 nitrogen and oxygen atoms in total.